The van der Waals surface area contributed by atoms with Crippen LogP contribution in [0.5, 0.6) is 0 Å². The molecule has 0 bridgehead atoms. The Morgan fingerprint density at radius 1 is 0.935 bits per heavy atom. The monoisotopic (exact) mass is 654 g/mol. The van der Waals surface area contributed by atoms with Crippen LogP contribution in [0, 0.1) is 17.8 Å². The first-order valence-electron chi connectivity index (χ1n) is 16.3. The number of carbonyl (C=O) groups excluding carboxylic acids is 6. The quantitative estimate of drug-likeness (QED) is 0.217. The minimum Gasteiger partial charge on any atom is -0.443 e. The molecule has 6 amide bonds. The highest BCUT2D eigenvalue weighted by atomic mass is 16.6. The molecule has 1 aliphatic rings. The minimum absolute atomic E-state index is 0.0960. The molecule has 0 radical (unpaired) electrons. The molecule has 14 heteroatoms. The summed E-state index contributed by atoms with van der Waals surface area (Å²) in [5.41, 5.74) is 3.64. The number of nitrogens with zero attached hydrogens (tertiary/aromatic N) is 3. The molecule has 1 fully saturated rings. The number of hydrogen-bond donors (Lipinski definition) is 4. The second-order valence-electron chi connectivity index (χ2n) is 14.1. The van der Waals surface area contributed by atoms with Gasteiger partial charge in [0.1, 0.15) is 35.9 Å². The van der Waals surface area contributed by atoms with Crippen LogP contribution in [0.25, 0.3) is 0 Å². The van der Waals surface area contributed by atoms with Gasteiger partial charge in [-0.25, -0.2) is 10.2 Å². The van der Waals surface area contributed by atoms with E-state index < -0.39 is 71.5 Å². The summed E-state index contributed by atoms with van der Waals surface area (Å²) in [5.74, 6) is -3.21. The number of hydrazine groups is 1. The Morgan fingerprint density at radius 2 is 1.52 bits per heavy atom. The van der Waals surface area contributed by atoms with Crippen molar-refractivity contribution in [2.24, 2.45) is 17.8 Å². The smallest absolute Gasteiger partial charge is 0.426 e. The molecule has 1 rings (SSSR count). The van der Waals surface area contributed by atoms with Crippen LogP contribution in [0.2, 0.25) is 0 Å². The number of carbonyl (C=O) groups is 6. The SMILES string of the molecule is CC[C@H](C)[C@H](NC(=O)[C@@H]1CCCN1C(=O)[C@H](O)CC(C)C)C(=O)N(C)[C@H](C(=O)N(C)[C@@H](C)C(=O)NNC(=O)OC(C)(C)C)C(C)C. The van der Waals surface area contributed by atoms with E-state index in [-0.39, 0.29) is 24.2 Å². The summed E-state index contributed by atoms with van der Waals surface area (Å²) in [5, 5.41) is 13.3. The van der Waals surface area contributed by atoms with Crippen molar-refractivity contribution >= 4 is 35.6 Å². The molecule has 0 aromatic rings. The van der Waals surface area contributed by atoms with E-state index in [4.69, 9.17) is 4.74 Å². The van der Waals surface area contributed by atoms with Crippen LogP contribution >= 0.6 is 0 Å². The van der Waals surface area contributed by atoms with Gasteiger partial charge in [0.2, 0.25) is 17.7 Å². The lowest BCUT2D eigenvalue weighted by Gasteiger charge is -2.38. The van der Waals surface area contributed by atoms with Crippen molar-refractivity contribution < 1.29 is 38.6 Å². The van der Waals surface area contributed by atoms with Crippen molar-refractivity contribution in [1.82, 2.24) is 30.9 Å². The average Bonchev–Trinajstić information content (AvgIpc) is 3.45. The number of amides is 6. The molecule has 0 saturated carbocycles. The fraction of sp³-hybridized carbons (Fsp3) is 0.812. The van der Waals surface area contributed by atoms with Crippen molar-refractivity contribution in [3.63, 3.8) is 0 Å². The first kappa shape index (κ1) is 40.6. The lowest BCUT2D eigenvalue weighted by molar-refractivity contribution is -0.151. The molecule has 0 aromatic carbocycles. The molecule has 0 aliphatic carbocycles. The maximum Gasteiger partial charge on any atom is 0.426 e. The second kappa shape index (κ2) is 17.5. The molecule has 0 aromatic heterocycles. The van der Waals surface area contributed by atoms with Gasteiger partial charge in [0.15, 0.2) is 0 Å². The second-order valence-corrected chi connectivity index (χ2v) is 14.1. The number of likely N-dealkylation sites (tertiary alicyclic amines) is 1. The molecule has 6 atom stereocenters. The predicted octanol–water partition coefficient (Wildman–Crippen LogP) is 1.80. The van der Waals surface area contributed by atoms with Gasteiger partial charge in [-0.1, -0.05) is 48.0 Å². The number of rotatable bonds is 13. The van der Waals surface area contributed by atoms with Crippen molar-refractivity contribution in [1.29, 1.82) is 0 Å². The van der Waals surface area contributed by atoms with Gasteiger partial charge < -0.3 is 29.9 Å². The van der Waals surface area contributed by atoms with Crippen molar-refractivity contribution in [2.75, 3.05) is 20.6 Å². The topological polar surface area (TPSA) is 178 Å². The van der Waals surface area contributed by atoms with E-state index in [0.717, 1.165) is 0 Å². The van der Waals surface area contributed by atoms with Crippen LogP contribution < -0.4 is 16.2 Å². The molecule has 0 unspecified atom stereocenters. The Morgan fingerprint density at radius 3 is 2.02 bits per heavy atom. The zero-order valence-corrected chi connectivity index (χ0v) is 29.8. The summed E-state index contributed by atoms with van der Waals surface area (Å²) in [6.07, 6.45) is -0.241. The zero-order valence-electron chi connectivity index (χ0n) is 29.8. The highest BCUT2D eigenvalue weighted by molar-refractivity contribution is 5.96. The summed E-state index contributed by atoms with van der Waals surface area (Å²) in [6.45, 7) is 17.9. The van der Waals surface area contributed by atoms with E-state index in [9.17, 15) is 33.9 Å². The molecule has 1 saturated heterocycles. The fourth-order valence-electron chi connectivity index (χ4n) is 5.32. The van der Waals surface area contributed by atoms with Crippen LogP contribution in [0.15, 0.2) is 0 Å². The lowest BCUT2D eigenvalue weighted by Crippen LogP contribution is -2.61. The molecule has 4 N–H and O–H groups in total. The standard InChI is InChI=1S/C32H58N6O8/c1-13-20(6)24(33-27(41)22-15-14-16-38(22)28(42)23(39)17-18(2)3)29(43)37(12)25(19(4)5)30(44)36(11)21(7)26(40)34-35-31(45)46-32(8,9)10/h18-25,39H,13-17H2,1-12H3,(H,33,41)(H,34,40)(H,35,45)/t20-,21-,22-,23+,24-,25-/m0/s1. The highest BCUT2D eigenvalue weighted by Gasteiger charge is 2.42. The molecule has 1 aliphatic heterocycles. The van der Waals surface area contributed by atoms with Gasteiger partial charge in [-0.15, -0.1) is 0 Å². The van der Waals surface area contributed by atoms with Crippen LogP contribution in [-0.2, 0) is 28.7 Å². The molecular formula is C32H58N6O8. The summed E-state index contributed by atoms with van der Waals surface area (Å²) in [4.78, 5) is 82.8. The number of aliphatic hydroxyl groups is 1. The van der Waals surface area contributed by atoms with E-state index in [0.29, 0.717) is 25.8 Å². The summed E-state index contributed by atoms with van der Waals surface area (Å²) < 4.78 is 5.11. The molecule has 264 valence electrons. The van der Waals surface area contributed by atoms with E-state index in [1.165, 1.54) is 35.7 Å². The third-order valence-electron chi connectivity index (χ3n) is 8.24. The van der Waals surface area contributed by atoms with Gasteiger partial charge in [-0.3, -0.25) is 29.4 Å². The van der Waals surface area contributed by atoms with Crippen molar-refractivity contribution in [3.8, 4) is 0 Å². The van der Waals surface area contributed by atoms with Crippen LogP contribution in [0.1, 0.15) is 94.9 Å². The van der Waals surface area contributed by atoms with Gasteiger partial charge >= 0.3 is 6.09 Å². The van der Waals surface area contributed by atoms with E-state index in [2.05, 4.69) is 16.2 Å². The molecule has 0 spiro atoms. The highest BCUT2D eigenvalue weighted by Crippen LogP contribution is 2.23. The van der Waals surface area contributed by atoms with Crippen molar-refractivity contribution in [3.05, 3.63) is 0 Å². The van der Waals surface area contributed by atoms with Gasteiger partial charge in [0.25, 0.3) is 11.8 Å². The summed E-state index contributed by atoms with van der Waals surface area (Å²) in [6, 6.07) is -3.81. The van der Waals surface area contributed by atoms with E-state index >= 15 is 0 Å². The Bertz CT molecular complexity index is 1090. The Kier molecular flexibility index (Phi) is 15.4. The lowest BCUT2D eigenvalue weighted by atomic mass is 9.94. The van der Waals surface area contributed by atoms with Crippen LogP contribution in [-0.4, -0.2) is 112 Å². The van der Waals surface area contributed by atoms with E-state index in [1.807, 2.05) is 27.7 Å². The van der Waals surface area contributed by atoms with Gasteiger partial charge in [0.05, 0.1) is 0 Å². The fourth-order valence-corrected chi connectivity index (χ4v) is 5.32. The number of ether oxygens (including phenoxy) is 1. The summed E-state index contributed by atoms with van der Waals surface area (Å²) in [7, 11) is 2.92. The molecule has 14 nitrogen and oxygen atoms in total. The number of aliphatic hydroxyl groups excluding tert-OH is 1. The first-order chi connectivity index (χ1) is 21.1. The first-order valence-corrected chi connectivity index (χ1v) is 16.3. The van der Waals surface area contributed by atoms with Gasteiger partial charge in [-0.2, -0.15) is 0 Å². The maximum absolute atomic E-state index is 14.0. The third kappa shape index (κ3) is 11.4. The van der Waals surface area contributed by atoms with Gasteiger partial charge in [-0.05, 0) is 64.7 Å². The predicted molar refractivity (Wildman–Crippen MR) is 173 cm³/mol. The molecule has 46 heavy (non-hydrogen) atoms. The number of hydrogen-bond acceptors (Lipinski definition) is 8. The Hall–Kier alpha value is -3.42. The number of likely N-dealkylation sites (N-methyl/N-ethyl adjacent to an activating group) is 2. The largest absolute Gasteiger partial charge is 0.443 e. The van der Waals surface area contributed by atoms with Crippen LogP contribution in [0.4, 0.5) is 4.79 Å². The number of nitrogens with one attached hydrogen (secondary N) is 3. The third-order valence-corrected chi connectivity index (χ3v) is 8.24. The molecule has 1 heterocycles. The minimum atomic E-state index is -1.21. The average molecular weight is 655 g/mol. The Labute approximate surface area is 274 Å². The molecular weight excluding hydrogens is 596 g/mol. The van der Waals surface area contributed by atoms with E-state index in [1.54, 1.807) is 34.6 Å². The van der Waals surface area contributed by atoms with Crippen molar-refractivity contribution in [2.45, 2.75) is 131 Å². The maximum atomic E-state index is 14.0. The van der Waals surface area contributed by atoms with Gasteiger partial charge in [0, 0.05) is 20.6 Å². The van der Waals surface area contributed by atoms with Crippen LogP contribution in [0.3, 0.4) is 0 Å². The zero-order chi connectivity index (χ0) is 35.7. The Balaban J connectivity index is 3.11. The summed E-state index contributed by atoms with van der Waals surface area (Å²) >= 11 is 0. The normalized spacial score (nSPS) is 18.2.